The molecule has 2 aromatic carbocycles. The first-order valence-corrected chi connectivity index (χ1v) is 10.4. The van der Waals surface area contributed by atoms with Crippen LogP contribution in [0, 0.1) is 6.92 Å². The Balaban J connectivity index is 1.63. The van der Waals surface area contributed by atoms with Crippen molar-refractivity contribution in [2.24, 2.45) is 5.73 Å². The van der Waals surface area contributed by atoms with E-state index in [9.17, 15) is 14.4 Å². The highest BCUT2D eigenvalue weighted by Crippen LogP contribution is 2.29. The number of carbonyl (C=O) groups is 2. The minimum Gasteiger partial charge on any atom is -0.370 e. The molecule has 1 fully saturated rings. The second-order valence-corrected chi connectivity index (χ2v) is 7.79. The minimum atomic E-state index is -0.566. The molecule has 8 nitrogen and oxygen atoms in total. The average molecular weight is 419 g/mol. The van der Waals surface area contributed by atoms with Gasteiger partial charge in [-0.25, -0.2) is 4.68 Å². The third-order valence-electron chi connectivity index (χ3n) is 5.60. The monoisotopic (exact) mass is 419 g/mol. The smallest absolute Gasteiger partial charge is 0.275 e. The second kappa shape index (κ2) is 8.59. The number of carbonyl (C=O) groups excluding carboxylic acids is 2. The predicted molar refractivity (Wildman–Crippen MR) is 120 cm³/mol. The predicted octanol–water partition coefficient (Wildman–Crippen LogP) is 2.43. The van der Waals surface area contributed by atoms with Gasteiger partial charge in [-0.3, -0.25) is 14.4 Å². The van der Waals surface area contributed by atoms with E-state index < -0.39 is 11.8 Å². The number of nitrogens with two attached hydrogens (primary N) is 1. The van der Waals surface area contributed by atoms with Crippen LogP contribution < -0.4 is 21.5 Å². The van der Waals surface area contributed by atoms with E-state index in [1.807, 2.05) is 18.2 Å². The normalized spacial score (nSPS) is 13.9. The lowest BCUT2D eigenvalue weighted by molar-refractivity contribution is -0.117. The fraction of sp³-hybridized carbons (Fsp3) is 0.304. The lowest BCUT2D eigenvalue weighted by atomic mass is 10.1. The summed E-state index contributed by atoms with van der Waals surface area (Å²) in [5.74, 6) is -0.965. The fourth-order valence-electron chi connectivity index (χ4n) is 4.04. The number of hydrogen-bond donors (Lipinski definition) is 2. The van der Waals surface area contributed by atoms with Gasteiger partial charge in [0.05, 0.1) is 22.5 Å². The van der Waals surface area contributed by atoms with Crippen LogP contribution in [0.1, 0.15) is 35.3 Å². The van der Waals surface area contributed by atoms with Gasteiger partial charge in [-0.05, 0) is 50.5 Å². The van der Waals surface area contributed by atoms with Crippen molar-refractivity contribution in [2.75, 3.05) is 23.3 Å². The molecule has 2 amide bonds. The molecule has 8 heteroatoms. The Morgan fingerprint density at radius 3 is 2.48 bits per heavy atom. The summed E-state index contributed by atoms with van der Waals surface area (Å²) < 4.78 is 1.17. The van der Waals surface area contributed by atoms with Gasteiger partial charge in [0.2, 0.25) is 11.8 Å². The number of nitrogens with one attached hydrogen (secondary N) is 1. The number of anilines is 2. The van der Waals surface area contributed by atoms with Crippen molar-refractivity contribution in [3.63, 3.8) is 0 Å². The summed E-state index contributed by atoms with van der Waals surface area (Å²) in [5.41, 5.74) is 7.45. The molecule has 1 saturated heterocycles. The van der Waals surface area contributed by atoms with E-state index in [0.29, 0.717) is 22.3 Å². The van der Waals surface area contributed by atoms with E-state index in [1.165, 1.54) is 11.1 Å². The fourth-order valence-corrected chi connectivity index (χ4v) is 4.04. The summed E-state index contributed by atoms with van der Waals surface area (Å²) >= 11 is 0. The van der Waals surface area contributed by atoms with Crippen LogP contribution in [0.5, 0.6) is 0 Å². The topological polar surface area (TPSA) is 110 Å². The summed E-state index contributed by atoms with van der Waals surface area (Å²) in [6, 6.07) is 12.3. The van der Waals surface area contributed by atoms with Crippen LogP contribution >= 0.6 is 0 Å². The Morgan fingerprint density at radius 1 is 1.06 bits per heavy atom. The maximum absolute atomic E-state index is 12.9. The van der Waals surface area contributed by atoms with Gasteiger partial charge in [0.1, 0.15) is 6.54 Å². The molecule has 0 unspecified atom stereocenters. The highest BCUT2D eigenvalue weighted by atomic mass is 16.2. The third-order valence-corrected chi connectivity index (χ3v) is 5.60. The molecule has 4 rings (SSSR count). The number of benzene rings is 2. The molecule has 160 valence electrons. The van der Waals surface area contributed by atoms with Gasteiger partial charge in [-0.15, -0.1) is 0 Å². The van der Waals surface area contributed by atoms with Crippen LogP contribution in [0.2, 0.25) is 0 Å². The maximum atomic E-state index is 12.9. The largest absolute Gasteiger partial charge is 0.370 e. The number of piperidine rings is 1. The highest BCUT2D eigenvalue weighted by molar-refractivity contribution is 5.99. The summed E-state index contributed by atoms with van der Waals surface area (Å²) in [5, 5.41) is 8.45. The Labute approximate surface area is 179 Å². The number of hydrogen-bond acceptors (Lipinski definition) is 5. The molecular formula is C23H25N5O3. The molecule has 1 aliphatic heterocycles. The molecule has 0 saturated carbocycles. The van der Waals surface area contributed by atoms with Crippen molar-refractivity contribution in [3.05, 3.63) is 64.1 Å². The van der Waals surface area contributed by atoms with Gasteiger partial charge in [0.15, 0.2) is 0 Å². The van der Waals surface area contributed by atoms with E-state index in [2.05, 4.69) is 15.3 Å². The first kappa shape index (κ1) is 20.6. The Bertz CT molecular complexity index is 1210. The zero-order chi connectivity index (χ0) is 22.0. The molecule has 0 aliphatic carbocycles. The summed E-state index contributed by atoms with van der Waals surface area (Å²) in [4.78, 5) is 39.5. The van der Waals surface area contributed by atoms with Crippen LogP contribution in [0.4, 0.5) is 11.4 Å². The van der Waals surface area contributed by atoms with Gasteiger partial charge in [0, 0.05) is 24.0 Å². The number of rotatable bonds is 5. The SMILES string of the molecule is Cc1nn(CC(=O)Nc2cc(C(N)=O)ccc2N2CCCCC2)c(=O)c2ccccc12. The third kappa shape index (κ3) is 4.28. The van der Waals surface area contributed by atoms with E-state index in [-0.39, 0.29) is 12.1 Å². The van der Waals surface area contributed by atoms with Gasteiger partial charge in [-0.1, -0.05) is 18.2 Å². The molecule has 31 heavy (non-hydrogen) atoms. The molecule has 1 aliphatic rings. The van der Waals surface area contributed by atoms with Gasteiger partial charge in [0.25, 0.3) is 5.56 Å². The van der Waals surface area contributed by atoms with Gasteiger partial charge >= 0.3 is 0 Å². The Kier molecular flexibility index (Phi) is 5.70. The molecule has 2 heterocycles. The number of amides is 2. The molecule has 0 atom stereocenters. The van der Waals surface area contributed by atoms with E-state index in [4.69, 9.17) is 5.73 Å². The van der Waals surface area contributed by atoms with Crippen LogP contribution in [-0.4, -0.2) is 34.7 Å². The van der Waals surface area contributed by atoms with E-state index in [0.717, 1.165) is 37.0 Å². The first-order chi connectivity index (χ1) is 14.9. The molecule has 3 N–H and O–H groups in total. The van der Waals surface area contributed by atoms with Crippen molar-refractivity contribution in [1.29, 1.82) is 0 Å². The zero-order valence-corrected chi connectivity index (χ0v) is 17.4. The molecular weight excluding hydrogens is 394 g/mol. The molecule has 1 aromatic heterocycles. The van der Waals surface area contributed by atoms with Crippen LogP contribution in [0.3, 0.4) is 0 Å². The quantitative estimate of drug-likeness (QED) is 0.660. The molecule has 0 spiro atoms. The minimum absolute atomic E-state index is 0.231. The molecule has 3 aromatic rings. The van der Waals surface area contributed by atoms with Crippen molar-refractivity contribution in [1.82, 2.24) is 9.78 Å². The number of nitrogens with zero attached hydrogens (tertiary/aromatic N) is 3. The number of aryl methyl sites for hydroxylation is 1. The zero-order valence-electron chi connectivity index (χ0n) is 17.4. The molecule has 0 radical (unpaired) electrons. The average Bonchev–Trinajstić information content (AvgIpc) is 2.78. The van der Waals surface area contributed by atoms with Crippen LogP contribution in [0.25, 0.3) is 10.8 Å². The van der Waals surface area contributed by atoms with Crippen LogP contribution in [-0.2, 0) is 11.3 Å². The Morgan fingerprint density at radius 2 is 1.77 bits per heavy atom. The lowest BCUT2D eigenvalue weighted by Crippen LogP contribution is -2.32. The van der Waals surface area contributed by atoms with E-state index >= 15 is 0 Å². The van der Waals surface area contributed by atoms with Gasteiger partial charge < -0.3 is 16.0 Å². The summed E-state index contributed by atoms with van der Waals surface area (Å²) in [6.45, 7) is 3.33. The van der Waals surface area contributed by atoms with Crippen molar-refractivity contribution in [3.8, 4) is 0 Å². The second-order valence-electron chi connectivity index (χ2n) is 7.79. The Hall–Kier alpha value is -3.68. The number of fused-ring (bicyclic) bond motifs is 1. The summed E-state index contributed by atoms with van der Waals surface area (Å²) in [6.07, 6.45) is 3.31. The lowest BCUT2D eigenvalue weighted by Gasteiger charge is -2.30. The van der Waals surface area contributed by atoms with Crippen molar-refractivity contribution in [2.45, 2.75) is 32.7 Å². The highest BCUT2D eigenvalue weighted by Gasteiger charge is 2.18. The standard InChI is InChI=1S/C23H25N5O3/c1-15-17-7-3-4-8-18(17)23(31)28(26-15)14-21(29)25-19-13-16(22(24)30)9-10-20(19)27-11-5-2-6-12-27/h3-4,7-10,13H,2,5-6,11-12,14H2,1H3,(H2,24,30)(H,25,29). The molecule has 0 bridgehead atoms. The van der Waals surface area contributed by atoms with E-state index in [1.54, 1.807) is 31.2 Å². The number of aromatic nitrogens is 2. The van der Waals surface area contributed by atoms with Gasteiger partial charge in [-0.2, -0.15) is 5.10 Å². The summed E-state index contributed by atoms with van der Waals surface area (Å²) in [7, 11) is 0. The van der Waals surface area contributed by atoms with Crippen molar-refractivity contribution < 1.29 is 9.59 Å². The maximum Gasteiger partial charge on any atom is 0.275 e. The first-order valence-electron chi connectivity index (χ1n) is 10.4. The van der Waals surface area contributed by atoms with Crippen molar-refractivity contribution >= 4 is 34.0 Å². The number of primary amides is 1. The van der Waals surface area contributed by atoms with Crippen LogP contribution in [0.15, 0.2) is 47.3 Å².